The molecule has 2 rings (SSSR count). The van der Waals surface area contributed by atoms with E-state index in [2.05, 4.69) is 0 Å². The number of aryl methyl sites for hydroxylation is 1. The molecule has 98 valence electrons. The topological polar surface area (TPSA) is 57.6 Å². The Kier molecular flexibility index (Phi) is 3.43. The smallest absolute Gasteiger partial charge is 0.311 e. The van der Waals surface area contributed by atoms with E-state index < -0.39 is 11.4 Å². The number of amides is 1. The van der Waals surface area contributed by atoms with Gasteiger partial charge in [-0.3, -0.25) is 9.59 Å². The Labute approximate surface area is 110 Å². The van der Waals surface area contributed by atoms with Crippen molar-refractivity contribution in [2.75, 3.05) is 13.1 Å². The standard InChI is InChI=1S/C13H17NO3S/c1-3-13(12(16)17)4-5-14(8-13)11(15)10-7-18-6-9(10)2/h6-7H,3-5,8H2,1-2H3,(H,16,17). The van der Waals surface area contributed by atoms with Crippen LogP contribution in [0.1, 0.15) is 35.7 Å². The molecule has 0 bridgehead atoms. The van der Waals surface area contributed by atoms with Gasteiger partial charge in [0.1, 0.15) is 0 Å². The molecule has 5 heteroatoms. The number of nitrogens with zero attached hydrogens (tertiary/aromatic N) is 1. The van der Waals surface area contributed by atoms with Gasteiger partial charge >= 0.3 is 5.97 Å². The van der Waals surface area contributed by atoms with Gasteiger partial charge in [0, 0.05) is 18.5 Å². The van der Waals surface area contributed by atoms with Gasteiger partial charge in [-0.2, -0.15) is 11.3 Å². The highest BCUT2D eigenvalue weighted by Gasteiger charge is 2.44. The lowest BCUT2D eigenvalue weighted by Gasteiger charge is -2.23. The van der Waals surface area contributed by atoms with Crippen molar-refractivity contribution >= 4 is 23.2 Å². The van der Waals surface area contributed by atoms with Crippen LogP contribution in [-0.2, 0) is 4.79 Å². The molecule has 1 amide bonds. The summed E-state index contributed by atoms with van der Waals surface area (Å²) >= 11 is 1.50. The van der Waals surface area contributed by atoms with Crippen LogP contribution in [0.25, 0.3) is 0 Å². The Bertz CT molecular complexity index is 482. The summed E-state index contributed by atoms with van der Waals surface area (Å²) in [6.45, 7) is 4.64. The molecule has 1 aromatic rings. The zero-order valence-corrected chi connectivity index (χ0v) is 11.4. The predicted octanol–water partition coefficient (Wildman–Crippen LogP) is 2.38. The van der Waals surface area contributed by atoms with Crippen molar-refractivity contribution in [2.45, 2.75) is 26.7 Å². The number of likely N-dealkylation sites (tertiary alicyclic amines) is 1. The van der Waals surface area contributed by atoms with E-state index in [1.807, 2.05) is 24.6 Å². The van der Waals surface area contributed by atoms with E-state index in [1.165, 1.54) is 11.3 Å². The third-order valence-electron chi connectivity index (χ3n) is 3.86. The van der Waals surface area contributed by atoms with Gasteiger partial charge in [0.05, 0.1) is 11.0 Å². The van der Waals surface area contributed by atoms with Gasteiger partial charge in [-0.25, -0.2) is 0 Å². The third kappa shape index (κ3) is 2.03. The van der Waals surface area contributed by atoms with E-state index in [1.54, 1.807) is 4.90 Å². The summed E-state index contributed by atoms with van der Waals surface area (Å²) in [5, 5.41) is 13.1. The molecule has 1 saturated heterocycles. The lowest BCUT2D eigenvalue weighted by Crippen LogP contribution is -2.36. The second-order valence-corrected chi connectivity index (χ2v) is 5.63. The van der Waals surface area contributed by atoms with E-state index in [4.69, 9.17) is 0 Å². The van der Waals surface area contributed by atoms with Gasteiger partial charge < -0.3 is 10.0 Å². The largest absolute Gasteiger partial charge is 0.481 e. The molecule has 0 aromatic carbocycles. The van der Waals surface area contributed by atoms with Crippen LogP contribution in [0.4, 0.5) is 0 Å². The molecule has 4 nitrogen and oxygen atoms in total. The first kappa shape index (κ1) is 13.1. The minimum absolute atomic E-state index is 0.0367. The van der Waals surface area contributed by atoms with Crippen molar-refractivity contribution in [1.29, 1.82) is 0 Å². The fourth-order valence-electron chi connectivity index (χ4n) is 2.41. The van der Waals surface area contributed by atoms with Gasteiger partial charge in [0.25, 0.3) is 5.91 Å². The Morgan fingerprint density at radius 3 is 2.67 bits per heavy atom. The summed E-state index contributed by atoms with van der Waals surface area (Å²) in [5.74, 6) is -0.826. The molecule has 1 fully saturated rings. The van der Waals surface area contributed by atoms with Crippen molar-refractivity contribution in [3.63, 3.8) is 0 Å². The highest BCUT2D eigenvalue weighted by molar-refractivity contribution is 7.08. The first-order valence-corrected chi connectivity index (χ1v) is 7.00. The normalized spacial score (nSPS) is 23.3. The Morgan fingerprint density at radius 1 is 1.50 bits per heavy atom. The molecule has 1 N–H and O–H groups in total. The SMILES string of the molecule is CCC1(C(=O)O)CCN(C(=O)c2cscc2C)C1. The minimum Gasteiger partial charge on any atom is -0.481 e. The number of carboxylic acid groups (broad SMARTS) is 1. The molecule has 0 radical (unpaired) electrons. The van der Waals surface area contributed by atoms with E-state index in [9.17, 15) is 14.7 Å². The number of thiophene rings is 1. The highest BCUT2D eigenvalue weighted by atomic mass is 32.1. The number of hydrogen-bond donors (Lipinski definition) is 1. The zero-order chi connectivity index (χ0) is 13.3. The average molecular weight is 267 g/mol. The van der Waals surface area contributed by atoms with Crippen molar-refractivity contribution in [1.82, 2.24) is 4.90 Å². The molecule has 0 spiro atoms. The molecule has 0 aliphatic carbocycles. The van der Waals surface area contributed by atoms with Crippen LogP contribution >= 0.6 is 11.3 Å². The van der Waals surface area contributed by atoms with Gasteiger partial charge in [0.15, 0.2) is 0 Å². The monoisotopic (exact) mass is 267 g/mol. The molecule has 1 aromatic heterocycles. The van der Waals surface area contributed by atoms with Crippen molar-refractivity contribution in [3.8, 4) is 0 Å². The van der Waals surface area contributed by atoms with Crippen LogP contribution in [0.5, 0.6) is 0 Å². The van der Waals surface area contributed by atoms with Crippen molar-refractivity contribution in [2.24, 2.45) is 5.41 Å². The summed E-state index contributed by atoms with van der Waals surface area (Å²) in [4.78, 5) is 25.3. The molecule has 1 unspecified atom stereocenters. The summed E-state index contributed by atoms with van der Waals surface area (Å²) in [6.07, 6.45) is 1.11. The fraction of sp³-hybridized carbons (Fsp3) is 0.538. The summed E-state index contributed by atoms with van der Waals surface area (Å²) < 4.78 is 0. The summed E-state index contributed by atoms with van der Waals surface area (Å²) in [6, 6.07) is 0. The Balaban J connectivity index is 2.17. The molecule has 0 saturated carbocycles. The van der Waals surface area contributed by atoms with E-state index >= 15 is 0 Å². The van der Waals surface area contributed by atoms with Crippen LogP contribution in [0.15, 0.2) is 10.8 Å². The maximum absolute atomic E-state index is 12.3. The van der Waals surface area contributed by atoms with Crippen molar-refractivity contribution in [3.05, 3.63) is 21.9 Å². The van der Waals surface area contributed by atoms with Crippen LogP contribution in [0.2, 0.25) is 0 Å². The molecule has 1 aliphatic rings. The van der Waals surface area contributed by atoms with Crippen LogP contribution in [-0.4, -0.2) is 35.0 Å². The summed E-state index contributed by atoms with van der Waals surface area (Å²) in [7, 11) is 0. The number of rotatable bonds is 3. The molecule has 18 heavy (non-hydrogen) atoms. The molecule has 2 heterocycles. The summed E-state index contributed by atoms with van der Waals surface area (Å²) in [5.41, 5.74) is 0.922. The molecule has 1 atom stereocenters. The van der Waals surface area contributed by atoms with E-state index in [0.717, 1.165) is 5.56 Å². The quantitative estimate of drug-likeness (QED) is 0.914. The van der Waals surface area contributed by atoms with Gasteiger partial charge in [-0.15, -0.1) is 0 Å². The van der Waals surface area contributed by atoms with Gasteiger partial charge in [-0.05, 0) is 30.7 Å². The van der Waals surface area contributed by atoms with Gasteiger partial charge in [0.2, 0.25) is 0 Å². The number of carbonyl (C=O) groups is 2. The fourth-order valence-corrected chi connectivity index (χ4v) is 3.23. The maximum Gasteiger partial charge on any atom is 0.311 e. The van der Waals surface area contributed by atoms with Crippen LogP contribution in [0, 0.1) is 12.3 Å². The third-order valence-corrected chi connectivity index (χ3v) is 4.72. The molecular weight excluding hydrogens is 250 g/mol. The molecular formula is C13H17NO3S. The first-order valence-electron chi connectivity index (χ1n) is 6.05. The number of hydrogen-bond acceptors (Lipinski definition) is 3. The average Bonchev–Trinajstić information content (AvgIpc) is 2.95. The van der Waals surface area contributed by atoms with Crippen LogP contribution in [0.3, 0.4) is 0 Å². The maximum atomic E-state index is 12.3. The number of aliphatic carboxylic acids is 1. The van der Waals surface area contributed by atoms with E-state index in [-0.39, 0.29) is 5.91 Å². The second kappa shape index (κ2) is 4.72. The Hall–Kier alpha value is -1.36. The lowest BCUT2D eigenvalue weighted by molar-refractivity contribution is -0.148. The van der Waals surface area contributed by atoms with Crippen molar-refractivity contribution < 1.29 is 14.7 Å². The van der Waals surface area contributed by atoms with E-state index in [0.29, 0.717) is 31.5 Å². The number of carboxylic acids is 1. The minimum atomic E-state index is -0.789. The Morgan fingerprint density at radius 2 is 2.22 bits per heavy atom. The zero-order valence-electron chi connectivity index (χ0n) is 10.6. The van der Waals surface area contributed by atoms with Gasteiger partial charge in [-0.1, -0.05) is 6.92 Å². The first-order chi connectivity index (χ1) is 8.50. The molecule has 1 aliphatic heterocycles. The van der Waals surface area contributed by atoms with Crippen LogP contribution < -0.4 is 0 Å². The second-order valence-electron chi connectivity index (χ2n) is 4.88. The highest BCUT2D eigenvalue weighted by Crippen LogP contribution is 2.35. The lowest BCUT2D eigenvalue weighted by atomic mass is 9.84. The number of carbonyl (C=O) groups excluding carboxylic acids is 1. The predicted molar refractivity (Wildman–Crippen MR) is 69.9 cm³/mol.